The second-order valence-corrected chi connectivity index (χ2v) is 10.0. The first-order chi connectivity index (χ1) is 19.3. The second kappa shape index (κ2) is 9.32. The standard InChI is InChI=1S/C30H24N8O2/c1-30(2,17-31)20-6-8-21(9-7-20)38-27-22-14-18(4-10-23(22)32-16-25(27)37(3)29(38)40)19-5-11-26(33-15-19)35-28(39)24-12-13-34-36-24/h4-16H,1-3H3,(H,34,36)(H,33,35,39). The number of rotatable bonds is 5. The first-order valence-electron chi connectivity index (χ1n) is 12.6. The first kappa shape index (κ1) is 24.8. The van der Waals surface area contributed by atoms with Crippen molar-refractivity contribution < 1.29 is 4.79 Å². The number of nitriles is 1. The number of H-pyrrole nitrogens is 1. The van der Waals surface area contributed by atoms with Crippen molar-refractivity contribution in [1.82, 2.24) is 29.3 Å². The lowest BCUT2D eigenvalue weighted by Gasteiger charge is -2.16. The number of hydrogen-bond acceptors (Lipinski definition) is 6. The lowest BCUT2D eigenvalue weighted by molar-refractivity contribution is 0.102. The summed E-state index contributed by atoms with van der Waals surface area (Å²) in [7, 11) is 1.73. The smallest absolute Gasteiger partial charge is 0.305 e. The van der Waals surface area contributed by atoms with E-state index in [0.717, 1.165) is 33.1 Å². The van der Waals surface area contributed by atoms with Gasteiger partial charge < -0.3 is 5.32 Å². The quantitative estimate of drug-likeness (QED) is 0.333. The maximum absolute atomic E-state index is 13.4. The molecular weight excluding hydrogens is 504 g/mol. The van der Waals surface area contributed by atoms with Crippen LogP contribution in [0.1, 0.15) is 29.9 Å². The van der Waals surface area contributed by atoms with Crippen molar-refractivity contribution in [2.45, 2.75) is 19.3 Å². The summed E-state index contributed by atoms with van der Waals surface area (Å²) in [5, 5.41) is 19.5. The van der Waals surface area contributed by atoms with Gasteiger partial charge in [-0.2, -0.15) is 10.4 Å². The fourth-order valence-corrected chi connectivity index (χ4v) is 4.71. The highest BCUT2D eigenvalue weighted by Gasteiger charge is 2.21. The molecule has 0 aliphatic heterocycles. The Bertz CT molecular complexity index is 1990. The van der Waals surface area contributed by atoms with Gasteiger partial charge in [0.15, 0.2) is 0 Å². The number of imidazole rings is 1. The molecule has 6 aromatic rings. The molecule has 0 radical (unpaired) electrons. The van der Waals surface area contributed by atoms with E-state index in [0.29, 0.717) is 22.7 Å². The highest BCUT2D eigenvalue weighted by atomic mass is 16.2. The fourth-order valence-electron chi connectivity index (χ4n) is 4.71. The molecule has 4 heterocycles. The van der Waals surface area contributed by atoms with Crippen molar-refractivity contribution in [3.05, 3.63) is 101 Å². The molecular formula is C30H24N8O2. The minimum absolute atomic E-state index is 0.193. The number of benzene rings is 2. The highest BCUT2D eigenvalue weighted by Crippen LogP contribution is 2.30. The van der Waals surface area contributed by atoms with Crippen molar-refractivity contribution in [3.63, 3.8) is 0 Å². The van der Waals surface area contributed by atoms with Crippen LogP contribution in [0.3, 0.4) is 0 Å². The van der Waals surface area contributed by atoms with Gasteiger partial charge in [0.05, 0.1) is 39.9 Å². The molecule has 2 aromatic carbocycles. The number of aromatic amines is 1. The van der Waals surface area contributed by atoms with E-state index in [1.165, 1.54) is 6.20 Å². The van der Waals surface area contributed by atoms with Gasteiger partial charge in [0.2, 0.25) is 0 Å². The van der Waals surface area contributed by atoms with Crippen LogP contribution in [0.25, 0.3) is 38.8 Å². The number of aryl methyl sites for hydroxylation is 1. The summed E-state index contributed by atoms with van der Waals surface area (Å²) < 4.78 is 3.26. The molecule has 4 aromatic heterocycles. The monoisotopic (exact) mass is 528 g/mol. The molecule has 0 aliphatic rings. The van der Waals surface area contributed by atoms with Crippen LogP contribution in [0, 0.1) is 11.3 Å². The van der Waals surface area contributed by atoms with Crippen LogP contribution in [0.4, 0.5) is 5.82 Å². The van der Waals surface area contributed by atoms with E-state index in [4.69, 9.17) is 0 Å². The van der Waals surface area contributed by atoms with Gasteiger partial charge >= 0.3 is 5.69 Å². The minimum atomic E-state index is -0.640. The minimum Gasteiger partial charge on any atom is -0.305 e. The zero-order chi connectivity index (χ0) is 28.0. The summed E-state index contributed by atoms with van der Waals surface area (Å²) in [6.45, 7) is 3.73. The Morgan fingerprint density at radius 3 is 2.45 bits per heavy atom. The van der Waals surface area contributed by atoms with Crippen molar-refractivity contribution in [2.24, 2.45) is 7.05 Å². The van der Waals surface area contributed by atoms with Crippen molar-refractivity contribution in [3.8, 4) is 22.9 Å². The zero-order valence-corrected chi connectivity index (χ0v) is 22.0. The molecule has 196 valence electrons. The van der Waals surface area contributed by atoms with Gasteiger partial charge in [-0.25, -0.2) is 9.78 Å². The Balaban J connectivity index is 1.43. The summed E-state index contributed by atoms with van der Waals surface area (Å²) in [4.78, 5) is 34.7. The number of carbonyl (C=O) groups is 1. The lowest BCUT2D eigenvalue weighted by Crippen LogP contribution is -2.21. The van der Waals surface area contributed by atoms with Crippen LogP contribution in [0.2, 0.25) is 0 Å². The number of pyridine rings is 2. The molecule has 0 spiro atoms. The molecule has 10 heteroatoms. The number of hydrogen-bond donors (Lipinski definition) is 2. The van der Waals surface area contributed by atoms with E-state index in [-0.39, 0.29) is 11.6 Å². The van der Waals surface area contributed by atoms with E-state index in [1.807, 2.05) is 62.4 Å². The SMILES string of the molecule is Cn1c(=O)n(-c2ccc(C(C)(C)C#N)cc2)c2c3cc(-c4ccc(NC(=O)c5ccn[nH]5)nc4)ccc3ncc21. The van der Waals surface area contributed by atoms with Gasteiger partial charge in [-0.1, -0.05) is 18.2 Å². The van der Waals surface area contributed by atoms with Gasteiger partial charge in [0, 0.05) is 30.4 Å². The topological polar surface area (TPSA) is 134 Å². The van der Waals surface area contributed by atoms with Crippen LogP contribution in [0.5, 0.6) is 0 Å². The summed E-state index contributed by atoms with van der Waals surface area (Å²) >= 11 is 0. The predicted molar refractivity (Wildman–Crippen MR) is 152 cm³/mol. The largest absolute Gasteiger partial charge is 0.333 e. The first-order valence-corrected chi connectivity index (χ1v) is 12.6. The average molecular weight is 529 g/mol. The third-order valence-electron chi connectivity index (χ3n) is 7.09. The van der Waals surface area contributed by atoms with Crippen molar-refractivity contribution >= 4 is 33.7 Å². The maximum atomic E-state index is 13.4. The summed E-state index contributed by atoms with van der Waals surface area (Å²) in [5.41, 5.74) is 4.99. The van der Waals surface area contributed by atoms with Crippen LogP contribution in [-0.2, 0) is 12.5 Å². The maximum Gasteiger partial charge on any atom is 0.333 e. The molecule has 10 nitrogen and oxygen atoms in total. The van der Waals surface area contributed by atoms with E-state index >= 15 is 0 Å². The Morgan fingerprint density at radius 2 is 1.77 bits per heavy atom. The van der Waals surface area contributed by atoms with Crippen LogP contribution >= 0.6 is 0 Å². The molecule has 0 saturated heterocycles. The number of fused-ring (bicyclic) bond motifs is 3. The number of anilines is 1. The van der Waals surface area contributed by atoms with Crippen molar-refractivity contribution in [2.75, 3.05) is 5.32 Å². The fraction of sp³-hybridized carbons (Fsp3) is 0.133. The summed E-state index contributed by atoms with van der Waals surface area (Å²) in [6, 6.07) is 20.9. The van der Waals surface area contributed by atoms with E-state index < -0.39 is 5.41 Å². The van der Waals surface area contributed by atoms with E-state index in [2.05, 4.69) is 31.6 Å². The number of amides is 1. The van der Waals surface area contributed by atoms with Gasteiger partial charge in [0.25, 0.3) is 5.91 Å². The summed E-state index contributed by atoms with van der Waals surface area (Å²) in [6.07, 6.45) is 4.90. The Kier molecular flexibility index (Phi) is 5.77. The molecule has 2 N–H and O–H groups in total. The molecule has 1 amide bonds. The Labute approximate surface area is 228 Å². The highest BCUT2D eigenvalue weighted by molar-refractivity contribution is 6.05. The van der Waals surface area contributed by atoms with Gasteiger partial charge in [-0.15, -0.1) is 0 Å². The molecule has 0 unspecified atom stereocenters. The number of carbonyl (C=O) groups excluding carboxylic acids is 1. The molecule has 6 rings (SSSR count). The average Bonchev–Trinajstić information content (AvgIpc) is 3.61. The van der Waals surface area contributed by atoms with Gasteiger partial charge in [0.1, 0.15) is 11.5 Å². The number of aromatic nitrogens is 6. The molecule has 40 heavy (non-hydrogen) atoms. The Morgan fingerprint density at radius 1 is 1.00 bits per heavy atom. The third kappa shape index (κ3) is 4.10. The Hall–Kier alpha value is -5.56. The molecule has 0 fully saturated rings. The van der Waals surface area contributed by atoms with Crippen LogP contribution < -0.4 is 11.0 Å². The molecule has 0 saturated carbocycles. The number of nitrogens with zero attached hydrogens (tertiary/aromatic N) is 6. The van der Waals surface area contributed by atoms with Gasteiger partial charge in [-0.3, -0.25) is 24.0 Å². The lowest BCUT2D eigenvalue weighted by atomic mass is 9.86. The molecule has 0 bridgehead atoms. The van der Waals surface area contributed by atoms with E-state index in [1.54, 1.807) is 40.7 Å². The molecule has 0 atom stereocenters. The second-order valence-electron chi connectivity index (χ2n) is 10.0. The predicted octanol–water partition coefficient (Wildman–Crippen LogP) is 4.72. The third-order valence-corrected chi connectivity index (χ3v) is 7.09. The normalized spacial score (nSPS) is 11.6. The van der Waals surface area contributed by atoms with Crippen LogP contribution in [0.15, 0.2) is 84.0 Å². The van der Waals surface area contributed by atoms with Crippen molar-refractivity contribution in [1.29, 1.82) is 5.26 Å². The molecule has 0 aliphatic carbocycles. The van der Waals surface area contributed by atoms with Gasteiger partial charge in [-0.05, 0) is 67.4 Å². The number of nitrogens with one attached hydrogen (secondary N) is 2. The van der Waals surface area contributed by atoms with Crippen LogP contribution in [-0.4, -0.2) is 35.2 Å². The summed E-state index contributed by atoms with van der Waals surface area (Å²) in [5.74, 6) is 0.0799. The zero-order valence-electron chi connectivity index (χ0n) is 22.0. The van der Waals surface area contributed by atoms with E-state index in [9.17, 15) is 14.9 Å².